The highest BCUT2D eigenvalue weighted by atomic mass is 32.2. The minimum absolute atomic E-state index is 0.0257. The number of benzene rings is 2. The van der Waals surface area contributed by atoms with Gasteiger partial charge in [-0.1, -0.05) is 12.1 Å². The van der Waals surface area contributed by atoms with Gasteiger partial charge in [0.25, 0.3) is 10.0 Å². The number of anilines is 2. The maximum Gasteiger partial charge on any atom is 0.418 e. The molecule has 0 spiro atoms. The SMILES string of the molecule is CN(C)c1ccc(NC(=O)CN=C2NS(=O)(=O)c3ccccc32)c(C(F)(F)F)c1. The first-order valence-corrected chi connectivity index (χ1v) is 9.82. The van der Waals surface area contributed by atoms with E-state index < -0.39 is 39.9 Å². The number of rotatable bonds is 4. The van der Waals surface area contributed by atoms with Crippen LogP contribution >= 0.6 is 0 Å². The molecule has 2 N–H and O–H groups in total. The Morgan fingerprint density at radius 1 is 1.17 bits per heavy atom. The zero-order valence-corrected chi connectivity index (χ0v) is 16.2. The van der Waals surface area contributed by atoms with Gasteiger partial charge < -0.3 is 10.2 Å². The van der Waals surface area contributed by atoms with E-state index in [0.29, 0.717) is 11.3 Å². The molecule has 0 saturated carbocycles. The lowest BCUT2D eigenvalue weighted by molar-refractivity contribution is -0.136. The maximum atomic E-state index is 13.4. The van der Waals surface area contributed by atoms with E-state index in [-0.39, 0.29) is 10.7 Å². The van der Waals surface area contributed by atoms with Gasteiger partial charge in [-0.15, -0.1) is 0 Å². The number of aliphatic imine (C=N–C) groups is 1. The van der Waals surface area contributed by atoms with Gasteiger partial charge in [0.1, 0.15) is 12.4 Å². The molecule has 1 amide bonds. The summed E-state index contributed by atoms with van der Waals surface area (Å²) < 4.78 is 66.3. The van der Waals surface area contributed by atoms with Gasteiger partial charge in [0.05, 0.1) is 16.1 Å². The Hall–Kier alpha value is -3.08. The van der Waals surface area contributed by atoms with Crippen LogP contribution in [0.5, 0.6) is 0 Å². The van der Waals surface area contributed by atoms with E-state index in [1.807, 2.05) is 0 Å². The summed E-state index contributed by atoms with van der Waals surface area (Å²) in [4.78, 5) is 17.6. The maximum absolute atomic E-state index is 13.4. The van der Waals surface area contributed by atoms with Crippen LogP contribution in [-0.2, 0) is 21.0 Å². The van der Waals surface area contributed by atoms with Gasteiger partial charge in [-0.2, -0.15) is 13.2 Å². The van der Waals surface area contributed by atoms with Crippen molar-refractivity contribution in [2.75, 3.05) is 30.9 Å². The van der Waals surface area contributed by atoms with Crippen LogP contribution in [0.15, 0.2) is 52.4 Å². The van der Waals surface area contributed by atoms with Gasteiger partial charge in [-0.05, 0) is 30.3 Å². The summed E-state index contributed by atoms with van der Waals surface area (Å²) in [7, 11) is -0.563. The monoisotopic (exact) mass is 426 g/mol. The van der Waals surface area contributed by atoms with Crippen molar-refractivity contribution in [2.24, 2.45) is 4.99 Å². The highest BCUT2D eigenvalue weighted by Crippen LogP contribution is 2.37. The number of amides is 1. The predicted octanol–water partition coefficient (Wildman–Crippen LogP) is 2.45. The molecule has 0 fully saturated rings. The van der Waals surface area contributed by atoms with Crippen LogP contribution in [0.25, 0.3) is 0 Å². The number of carbonyl (C=O) groups is 1. The minimum atomic E-state index is -4.67. The number of alkyl halides is 3. The average Bonchev–Trinajstić information content (AvgIpc) is 2.90. The van der Waals surface area contributed by atoms with Crippen molar-refractivity contribution >= 4 is 33.1 Å². The van der Waals surface area contributed by atoms with E-state index in [1.54, 1.807) is 26.2 Å². The smallest absolute Gasteiger partial charge is 0.378 e. The molecule has 0 unspecified atom stereocenters. The largest absolute Gasteiger partial charge is 0.418 e. The van der Waals surface area contributed by atoms with E-state index in [1.165, 1.54) is 23.1 Å². The number of hydrogen-bond acceptors (Lipinski definition) is 5. The lowest BCUT2D eigenvalue weighted by Gasteiger charge is -2.18. The number of nitrogens with zero attached hydrogens (tertiary/aromatic N) is 2. The van der Waals surface area contributed by atoms with Gasteiger partial charge in [0.15, 0.2) is 0 Å². The standard InChI is InChI=1S/C18H17F3N4O3S/c1-25(2)11-7-8-14(13(9-11)18(19,20)21)23-16(26)10-22-17-12-5-3-4-6-15(12)29(27,28)24-17/h3-9H,10H2,1-2H3,(H,22,24)(H,23,26). The van der Waals surface area contributed by atoms with Crippen molar-refractivity contribution in [2.45, 2.75) is 11.1 Å². The average molecular weight is 426 g/mol. The van der Waals surface area contributed by atoms with Crippen molar-refractivity contribution in [3.05, 3.63) is 53.6 Å². The van der Waals surface area contributed by atoms with Crippen LogP contribution in [-0.4, -0.2) is 40.8 Å². The fourth-order valence-electron chi connectivity index (χ4n) is 2.75. The molecule has 0 aromatic heterocycles. The second-order valence-electron chi connectivity index (χ2n) is 6.44. The summed E-state index contributed by atoms with van der Waals surface area (Å²) in [5, 5.41) is 2.19. The first-order chi connectivity index (χ1) is 13.5. The van der Waals surface area contributed by atoms with Crippen molar-refractivity contribution in [3.8, 4) is 0 Å². The molecule has 29 heavy (non-hydrogen) atoms. The lowest BCUT2D eigenvalue weighted by Crippen LogP contribution is -2.25. The Balaban J connectivity index is 1.81. The Bertz CT molecular complexity index is 1100. The van der Waals surface area contributed by atoms with Gasteiger partial charge in [-0.25, -0.2) is 8.42 Å². The summed E-state index contributed by atoms with van der Waals surface area (Å²) >= 11 is 0. The first kappa shape index (κ1) is 20.6. The minimum Gasteiger partial charge on any atom is -0.378 e. The van der Waals surface area contributed by atoms with Crippen molar-refractivity contribution < 1.29 is 26.4 Å². The van der Waals surface area contributed by atoms with Gasteiger partial charge in [-0.3, -0.25) is 14.5 Å². The number of halogens is 3. The molecule has 3 rings (SSSR count). The molecule has 2 aromatic rings. The van der Waals surface area contributed by atoms with Crippen LogP contribution < -0.4 is 14.9 Å². The molecule has 1 aliphatic rings. The van der Waals surface area contributed by atoms with E-state index in [2.05, 4.69) is 15.0 Å². The summed E-state index contributed by atoms with van der Waals surface area (Å²) in [5.41, 5.74) is -0.767. The van der Waals surface area contributed by atoms with E-state index in [9.17, 15) is 26.4 Å². The molecule has 0 bridgehead atoms. The van der Waals surface area contributed by atoms with Crippen LogP contribution in [0.4, 0.5) is 24.5 Å². The van der Waals surface area contributed by atoms with Gasteiger partial charge in [0, 0.05) is 25.3 Å². The summed E-state index contributed by atoms with van der Waals surface area (Å²) in [6, 6.07) is 9.61. The Morgan fingerprint density at radius 3 is 2.52 bits per heavy atom. The van der Waals surface area contributed by atoms with Gasteiger partial charge >= 0.3 is 6.18 Å². The van der Waals surface area contributed by atoms with E-state index in [4.69, 9.17) is 0 Å². The Labute approximate surface area is 165 Å². The third-order valence-corrected chi connectivity index (χ3v) is 5.54. The van der Waals surface area contributed by atoms with Crippen LogP contribution in [0.2, 0.25) is 0 Å². The highest BCUT2D eigenvalue weighted by Gasteiger charge is 2.34. The Kier molecular flexibility index (Phi) is 5.26. The number of amidine groups is 1. The number of carbonyl (C=O) groups excluding carboxylic acids is 1. The first-order valence-electron chi connectivity index (χ1n) is 8.34. The number of hydrogen-bond donors (Lipinski definition) is 2. The third-order valence-electron chi connectivity index (χ3n) is 4.14. The third kappa shape index (κ3) is 4.34. The lowest BCUT2D eigenvalue weighted by atomic mass is 10.1. The fourth-order valence-corrected chi connectivity index (χ4v) is 4.00. The molecule has 0 atom stereocenters. The quantitative estimate of drug-likeness (QED) is 0.786. The molecular formula is C18H17F3N4O3S. The number of fused-ring (bicyclic) bond motifs is 1. The van der Waals surface area contributed by atoms with Crippen LogP contribution in [0, 0.1) is 0 Å². The summed E-state index contributed by atoms with van der Waals surface area (Å²) in [5.74, 6) is -0.848. The Morgan fingerprint density at radius 2 is 1.86 bits per heavy atom. The molecule has 1 aliphatic heterocycles. The molecule has 0 aliphatic carbocycles. The van der Waals surface area contributed by atoms with Crippen LogP contribution in [0.3, 0.4) is 0 Å². The van der Waals surface area contributed by atoms with Crippen molar-refractivity contribution in [1.29, 1.82) is 0 Å². The normalized spacial score (nSPS) is 16.2. The molecule has 2 aromatic carbocycles. The van der Waals surface area contributed by atoms with Crippen molar-refractivity contribution in [1.82, 2.24) is 4.72 Å². The van der Waals surface area contributed by atoms with Crippen molar-refractivity contribution in [3.63, 3.8) is 0 Å². The summed E-state index contributed by atoms with van der Waals surface area (Å²) in [6.07, 6.45) is -4.67. The predicted molar refractivity (Wildman–Crippen MR) is 103 cm³/mol. The zero-order valence-electron chi connectivity index (χ0n) is 15.4. The van der Waals surface area contributed by atoms with E-state index >= 15 is 0 Å². The molecule has 11 heteroatoms. The number of sulfonamides is 1. The second kappa shape index (κ2) is 7.39. The second-order valence-corrected chi connectivity index (χ2v) is 8.09. The molecule has 0 saturated heterocycles. The summed E-state index contributed by atoms with van der Waals surface area (Å²) in [6.45, 7) is -0.557. The van der Waals surface area contributed by atoms with Gasteiger partial charge in [0.2, 0.25) is 5.91 Å². The van der Waals surface area contributed by atoms with Crippen LogP contribution in [0.1, 0.15) is 11.1 Å². The molecule has 7 nitrogen and oxygen atoms in total. The highest BCUT2D eigenvalue weighted by molar-refractivity contribution is 7.90. The number of nitrogens with one attached hydrogen (secondary N) is 2. The molecule has 0 radical (unpaired) electrons. The van der Waals surface area contributed by atoms with E-state index in [0.717, 1.165) is 12.1 Å². The molecule has 1 heterocycles. The molecule has 154 valence electrons. The molecular weight excluding hydrogens is 409 g/mol. The fraction of sp³-hybridized carbons (Fsp3) is 0.222. The zero-order chi connectivity index (χ0) is 21.4. The topological polar surface area (TPSA) is 90.9 Å².